The van der Waals surface area contributed by atoms with Crippen LogP contribution in [0, 0.1) is 0 Å². The molecule has 0 spiro atoms. The van der Waals surface area contributed by atoms with Crippen LogP contribution >= 0.6 is 0 Å². The van der Waals surface area contributed by atoms with Crippen LogP contribution in [0.2, 0.25) is 0 Å². The first-order valence-corrected chi connectivity index (χ1v) is 10.7. The van der Waals surface area contributed by atoms with Gasteiger partial charge < -0.3 is 30.8 Å². The van der Waals surface area contributed by atoms with E-state index in [1.165, 1.54) is 12.1 Å². The molecule has 3 rings (SSSR count). The van der Waals surface area contributed by atoms with E-state index in [9.17, 15) is 29.4 Å². The summed E-state index contributed by atoms with van der Waals surface area (Å²) in [6, 6.07) is 10.0. The van der Waals surface area contributed by atoms with E-state index in [0.29, 0.717) is 26.9 Å². The van der Waals surface area contributed by atoms with Crippen molar-refractivity contribution in [2.24, 2.45) is 5.73 Å². The molecule has 2 amide bonds. The van der Waals surface area contributed by atoms with Crippen molar-refractivity contribution >= 4 is 34.8 Å². The predicted octanol–water partition coefficient (Wildman–Crippen LogP) is 2.23. The van der Waals surface area contributed by atoms with Gasteiger partial charge in [0.05, 0.1) is 6.04 Å². The highest BCUT2D eigenvalue weighted by Crippen LogP contribution is 2.24. The zero-order valence-electron chi connectivity index (χ0n) is 18.6. The maximum absolute atomic E-state index is 13.2. The van der Waals surface area contributed by atoms with Crippen molar-refractivity contribution in [3.8, 4) is 5.75 Å². The third kappa shape index (κ3) is 6.36. The summed E-state index contributed by atoms with van der Waals surface area (Å²) in [5.41, 5.74) is 7.94. The van der Waals surface area contributed by atoms with Crippen LogP contribution in [0.3, 0.4) is 0 Å². The molecule has 35 heavy (non-hydrogen) atoms. The van der Waals surface area contributed by atoms with E-state index >= 15 is 0 Å². The molecule has 0 radical (unpaired) electrons. The van der Waals surface area contributed by atoms with Gasteiger partial charge in [-0.3, -0.25) is 9.59 Å². The summed E-state index contributed by atoms with van der Waals surface area (Å²) in [5.74, 6) is -3.89. The van der Waals surface area contributed by atoms with E-state index in [-0.39, 0.29) is 18.8 Å². The Morgan fingerprint density at radius 3 is 2.43 bits per heavy atom. The number of hydrogen-bond acceptors (Lipinski definition) is 7. The zero-order chi connectivity index (χ0) is 25.5. The Balaban J connectivity index is 1.85. The number of H-pyrrole nitrogens is 1. The van der Waals surface area contributed by atoms with Gasteiger partial charge >= 0.3 is 18.0 Å². The standard InChI is InChI=1S/C24H25N3O8/c25-18(10-15-12-26-19-7-6-16(28)11-17(15)19)22(31)27(20(23(32)33)8-9-21(29)30)24(34)35-13-14-4-2-1-3-5-14/h1-7,11-12,18,20,26,28H,8-10,13,25H2,(H,29,30)(H,32,33)/t18?,20-/m0/s1. The molecule has 184 valence electrons. The summed E-state index contributed by atoms with van der Waals surface area (Å²) in [6.07, 6.45) is -0.859. The molecule has 1 unspecified atom stereocenters. The van der Waals surface area contributed by atoms with Crippen LogP contribution < -0.4 is 5.73 Å². The van der Waals surface area contributed by atoms with E-state index in [0.717, 1.165) is 0 Å². The lowest BCUT2D eigenvalue weighted by Crippen LogP contribution is -2.55. The number of rotatable bonds is 10. The molecule has 11 heteroatoms. The van der Waals surface area contributed by atoms with Gasteiger partial charge in [0.1, 0.15) is 18.4 Å². The Kier molecular flexibility index (Phi) is 8.05. The van der Waals surface area contributed by atoms with Crippen molar-refractivity contribution in [3.63, 3.8) is 0 Å². The van der Waals surface area contributed by atoms with Crippen LogP contribution in [0.15, 0.2) is 54.7 Å². The van der Waals surface area contributed by atoms with Crippen molar-refractivity contribution in [3.05, 3.63) is 65.9 Å². The second-order valence-electron chi connectivity index (χ2n) is 7.89. The molecule has 11 nitrogen and oxygen atoms in total. The molecule has 0 saturated heterocycles. The largest absolute Gasteiger partial charge is 0.508 e. The summed E-state index contributed by atoms with van der Waals surface area (Å²) >= 11 is 0. The Morgan fingerprint density at radius 2 is 1.77 bits per heavy atom. The van der Waals surface area contributed by atoms with Crippen molar-refractivity contribution in [2.45, 2.75) is 38.0 Å². The minimum atomic E-state index is -1.79. The van der Waals surface area contributed by atoms with Crippen molar-refractivity contribution in [2.75, 3.05) is 0 Å². The predicted molar refractivity (Wildman–Crippen MR) is 123 cm³/mol. The number of carboxylic acid groups (broad SMARTS) is 2. The Morgan fingerprint density at radius 1 is 1.06 bits per heavy atom. The van der Waals surface area contributed by atoms with E-state index in [1.54, 1.807) is 42.6 Å². The molecule has 0 aliphatic carbocycles. The molecule has 1 heterocycles. The van der Waals surface area contributed by atoms with E-state index in [1.807, 2.05) is 0 Å². The van der Waals surface area contributed by atoms with Crippen LogP contribution in [0.25, 0.3) is 10.9 Å². The van der Waals surface area contributed by atoms with Crippen molar-refractivity contribution < 1.29 is 39.2 Å². The SMILES string of the molecule is NC(Cc1c[nH]c2ccc(O)cc12)C(=O)N(C(=O)OCc1ccccc1)[C@@H](CCC(=O)O)C(=O)O. The maximum atomic E-state index is 13.2. The second kappa shape index (κ2) is 11.2. The van der Waals surface area contributed by atoms with Crippen LogP contribution in [0.4, 0.5) is 4.79 Å². The number of ether oxygens (including phenoxy) is 1. The third-order valence-electron chi connectivity index (χ3n) is 5.38. The molecule has 2 atom stereocenters. The molecule has 2 aromatic carbocycles. The third-order valence-corrected chi connectivity index (χ3v) is 5.38. The minimum absolute atomic E-state index is 0.00368. The van der Waals surface area contributed by atoms with Gasteiger partial charge in [0.15, 0.2) is 0 Å². The van der Waals surface area contributed by atoms with Crippen molar-refractivity contribution in [1.29, 1.82) is 0 Å². The molecule has 0 fully saturated rings. The van der Waals surface area contributed by atoms with Gasteiger partial charge in [-0.2, -0.15) is 0 Å². The van der Waals surface area contributed by atoms with E-state index < -0.39 is 48.9 Å². The molecule has 3 aromatic rings. The van der Waals surface area contributed by atoms with Crippen LogP contribution in [0.1, 0.15) is 24.0 Å². The number of benzene rings is 2. The number of aromatic nitrogens is 1. The summed E-state index contributed by atoms with van der Waals surface area (Å²) < 4.78 is 5.18. The normalized spacial score (nSPS) is 12.6. The number of imide groups is 1. The number of carbonyl (C=O) groups is 4. The first-order valence-electron chi connectivity index (χ1n) is 10.7. The fourth-order valence-corrected chi connectivity index (χ4v) is 3.62. The first-order chi connectivity index (χ1) is 16.7. The number of nitrogens with one attached hydrogen (secondary N) is 1. The molecule has 0 aliphatic rings. The van der Waals surface area contributed by atoms with Gasteiger partial charge in [-0.1, -0.05) is 30.3 Å². The van der Waals surface area contributed by atoms with Crippen LogP contribution in [-0.4, -0.2) is 61.2 Å². The molecule has 1 aromatic heterocycles. The van der Waals surface area contributed by atoms with Crippen molar-refractivity contribution in [1.82, 2.24) is 9.88 Å². The fourth-order valence-electron chi connectivity index (χ4n) is 3.62. The average molecular weight is 483 g/mol. The van der Waals surface area contributed by atoms with Gasteiger partial charge in [-0.25, -0.2) is 14.5 Å². The number of nitrogens with zero attached hydrogens (tertiary/aromatic N) is 1. The highest BCUT2D eigenvalue weighted by molar-refractivity contribution is 5.99. The number of aliphatic carboxylic acids is 2. The molecule has 0 saturated carbocycles. The first kappa shape index (κ1) is 25.2. The molecular weight excluding hydrogens is 458 g/mol. The van der Waals surface area contributed by atoms with E-state index in [4.69, 9.17) is 15.6 Å². The number of carboxylic acids is 2. The minimum Gasteiger partial charge on any atom is -0.508 e. The van der Waals surface area contributed by atoms with Crippen LogP contribution in [-0.2, 0) is 32.1 Å². The molecule has 0 aliphatic heterocycles. The number of nitrogens with two attached hydrogens (primary N) is 1. The van der Waals surface area contributed by atoms with Crippen LogP contribution in [0.5, 0.6) is 5.75 Å². The molecule has 0 bridgehead atoms. The Labute approximate surface area is 199 Å². The monoisotopic (exact) mass is 483 g/mol. The second-order valence-corrected chi connectivity index (χ2v) is 7.89. The quantitative estimate of drug-likeness (QED) is 0.288. The lowest BCUT2D eigenvalue weighted by Gasteiger charge is -2.28. The topological polar surface area (TPSA) is 183 Å². The molecular formula is C24H25N3O8. The fraction of sp³-hybridized carbons (Fsp3) is 0.250. The summed E-state index contributed by atoms with van der Waals surface area (Å²) in [4.78, 5) is 52.5. The number of aromatic hydroxyl groups is 1. The maximum Gasteiger partial charge on any atom is 0.417 e. The van der Waals surface area contributed by atoms with Gasteiger partial charge in [0.25, 0.3) is 0 Å². The number of hydrogen-bond donors (Lipinski definition) is 5. The summed E-state index contributed by atoms with van der Waals surface area (Å²) in [7, 11) is 0. The van der Waals surface area contributed by atoms with Gasteiger partial charge in [-0.15, -0.1) is 0 Å². The summed E-state index contributed by atoms with van der Waals surface area (Å²) in [6.45, 7) is -0.230. The highest BCUT2D eigenvalue weighted by atomic mass is 16.6. The van der Waals surface area contributed by atoms with Gasteiger partial charge in [0.2, 0.25) is 5.91 Å². The Bertz CT molecular complexity index is 1220. The average Bonchev–Trinajstić information content (AvgIpc) is 3.21. The Hall–Kier alpha value is -4.38. The number of aromatic amines is 1. The highest BCUT2D eigenvalue weighted by Gasteiger charge is 2.38. The smallest absolute Gasteiger partial charge is 0.417 e. The van der Waals surface area contributed by atoms with Gasteiger partial charge in [0, 0.05) is 23.5 Å². The van der Waals surface area contributed by atoms with E-state index in [2.05, 4.69) is 4.98 Å². The number of phenolic OH excluding ortho intramolecular Hbond substituents is 1. The lowest BCUT2D eigenvalue weighted by atomic mass is 10.0. The lowest BCUT2D eigenvalue weighted by molar-refractivity contribution is -0.150. The number of amides is 2. The summed E-state index contributed by atoms with van der Waals surface area (Å²) in [5, 5.41) is 29.1. The molecule has 6 N–H and O–H groups in total. The zero-order valence-corrected chi connectivity index (χ0v) is 18.6. The number of carbonyl (C=O) groups excluding carboxylic acids is 2. The number of fused-ring (bicyclic) bond motifs is 1. The van der Waals surface area contributed by atoms with Gasteiger partial charge in [-0.05, 0) is 42.2 Å². The number of phenols is 1.